The van der Waals surface area contributed by atoms with Crippen LogP contribution in [0.4, 0.5) is 5.69 Å². The molecule has 6 nitrogen and oxygen atoms in total. The fourth-order valence-electron chi connectivity index (χ4n) is 1.52. The average Bonchev–Trinajstić information content (AvgIpc) is 2.42. The Morgan fingerprint density at radius 2 is 1.82 bits per heavy atom. The third-order valence-corrected chi connectivity index (χ3v) is 8.54. The number of benzene rings is 1. The van der Waals surface area contributed by atoms with Crippen LogP contribution in [-0.2, 0) is 4.43 Å². The van der Waals surface area contributed by atoms with Crippen molar-refractivity contribution in [1.29, 1.82) is 0 Å². The van der Waals surface area contributed by atoms with E-state index in [1.54, 1.807) is 0 Å². The molecule has 1 aromatic carbocycles. The van der Waals surface area contributed by atoms with E-state index < -0.39 is 13.2 Å². The summed E-state index contributed by atoms with van der Waals surface area (Å²) in [6, 6.07) is 5.53. The van der Waals surface area contributed by atoms with Gasteiger partial charge in [-0.1, -0.05) is 20.8 Å². The zero-order chi connectivity index (χ0) is 17.0. The Morgan fingerprint density at radius 3 is 2.27 bits per heavy atom. The van der Waals surface area contributed by atoms with E-state index in [2.05, 4.69) is 39.2 Å². The zero-order valence-corrected chi connectivity index (χ0v) is 14.8. The summed E-state index contributed by atoms with van der Waals surface area (Å²) in [6.45, 7) is 11.7. The number of non-ortho nitro benzene ring substituents is 1. The summed E-state index contributed by atoms with van der Waals surface area (Å²) in [7, 11) is -1.80. The summed E-state index contributed by atoms with van der Waals surface area (Å²) >= 11 is 0. The predicted molar refractivity (Wildman–Crippen MR) is 88.6 cm³/mol. The highest BCUT2D eigenvalue weighted by Crippen LogP contribution is 2.36. The summed E-state index contributed by atoms with van der Waals surface area (Å²) in [6.07, 6.45) is 0. The quantitative estimate of drug-likeness (QED) is 0.376. The van der Waals surface area contributed by atoms with Gasteiger partial charge in [-0.3, -0.25) is 14.9 Å². The zero-order valence-electron chi connectivity index (χ0n) is 13.8. The van der Waals surface area contributed by atoms with E-state index in [0.29, 0.717) is 18.7 Å². The maximum Gasteiger partial charge on any atom is 0.269 e. The first-order chi connectivity index (χ1) is 10.0. The summed E-state index contributed by atoms with van der Waals surface area (Å²) in [5.74, 6) is -0.256. The number of nitro groups is 1. The van der Waals surface area contributed by atoms with Crippen LogP contribution in [0.1, 0.15) is 31.1 Å². The highest BCUT2D eigenvalue weighted by molar-refractivity contribution is 6.74. The van der Waals surface area contributed by atoms with E-state index in [4.69, 9.17) is 4.43 Å². The predicted octanol–water partition coefficient (Wildman–Crippen LogP) is 3.35. The van der Waals surface area contributed by atoms with E-state index in [1.165, 1.54) is 24.3 Å². The number of nitrogens with one attached hydrogen (secondary N) is 1. The van der Waals surface area contributed by atoms with Gasteiger partial charge in [0.2, 0.25) is 0 Å². The fraction of sp³-hybridized carbons (Fsp3) is 0.533. The Labute approximate surface area is 132 Å². The van der Waals surface area contributed by atoms with E-state index in [0.717, 1.165) is 0 Å². The maximum absolute atomic E-state index is 11.9. The van der Waals surface area contributed by atoms with Crippen LogP contribution in [0.15, 0.2) is 24.3 Å². The van der Waals surface area contributed by atoms with Gasteiger partial charge < -0.3 is 9.74 Å². The van der Waals surface area contributed by atoms with Gasteiger partial charge in [0, 0.05) is 24.2 Å². The second-order valence-corrected chi connectivity index (χ2v) is 11.5. The summed E-state index contributed by atoms with van der Waals surface area (Å²) in [5, 5.41) is 13.5. The number of hydrogen-bond acceptors (Lipinski definition) is 4. The second-order valence-electron chi connectivity index (χ2n) is 6.67. The minimum atomic E-state index is -1.80. The van der Waals surface area contributed by atoms with Crippen LogP contribution < -0.4 is 5.32 Å². The molecule has 0 unspecified atom stereocenters. The normalized spacial score (nSPS) is 12.0. The maximum atomic E-state index is 11.9. The molecule has 1 aromatic rings. The molecule has 0 atom stereocenters. The lowest BCUT2D eigenvalue weighted by Gasteiger charge is -2.36. The van der Waals surface area contributed by atoms with Crippen LogP contribution in [0, 0.1) is 10.1 Å². The molecule has 1 rings (SSSR count). The first kappa shape index (κ1) is 18.3. The first-order valence-electron chi connectivity index (χ1n) is 7.21. The molecule has 0 heterocycles. The molecule has 1 amide bonds. The van der Waals surface area contributed by atoms with E-state index >= 15 is 0 Å². The van der Waals surface area contributed by atoms with Gasteiger partial charge in [0.1, 0.15) is 0 Å². The molecule has 0 bridgehead atoms. The van der Waals surface area contributed by atoms with E-state index in [-0.39, 0.29) is 16.6 Å². The van der Waals surface area contributed by atoms with Crippen LogP contribution in [0.5, 0.6) is 0 Å². The minimum absolute atomic E-state index is 0.0298. The van der Waals surface area contributed by atoms with Gasteiger partial charge in [0.05, 0.1) is 11.5 Å². The van der Waals surface area contributed by atoms with Crippen molar-refractivity contribution >= 4 is 19.9 Å². The Kier molecular flexibility index (Phi) is 5.84. The van der Waals surface area contributed by atoms with Crippen molar-refractivity contribution < 1.29 is 14.1 Å². The topological polar surface area (TPSA) is 81.5 Å². The highest BCUT2D eigenvalue weighted by atomic mass is 28.4. The third kappa shape index (κ3) is 4.92. The standard InChI is InChI=1S/C15H24N2O4Si/c1-15(2,3)22(4,5)21-11-10-16-14(18)12-6-8-13(9-7-12)17(19)20/h6-9H,10-11H2,1-5H3,(H,16,18). The number of amides is 1. The van der Waals surface area contributed by atoms with Gasteiger partial charge in [0.15, 0.2) is 8.32 Å². The van der Waals surface area contributed by atoms with Crippen LogP contribution in [0.2, 0.25) is 18.1 Å². The highest BCUT2D eigenvalue weighted by Gasteiger charge is 2.36. The lowest BCUT2D eigenvalue weighted by atomic mass is 10.2. The van der Waals surface area contributed by atoms with Crippen LogP contribution in [0.3, 0.4) is 0 Å². The van der Waals surface area contributed by atoms with Crippen molar-refractivity contribution in [2.45, 2.75) is 38.9 Å². The Balaban J connectivity index is 2.45. The number of carbonyl (C=O) groups is 1. The lowest BCUT2D eigenvalue weighted by molar-refractivity contribution is -0.384. The monoisotopic (exact) mass is 324 g/mol. The second kappa shape index (κ2) is 7.02. The van der Waals surface area contributed by atoms with Gasteiger partial charge >= 0.3 is 0 Å². The smallest absolute Gasteiger partial charge is 0.269 e. The fourth-order valence-corrected chi connectivity index (χ4v) is 2.57. The molecule has 1 N–H and O–H groups in total. The lowest BCUT2D eigenvalue weighted by Crippen LogP contribution is -2.42. The van der Waals surface area contributed by atoms with Crippen molar-refractivity contribution in [3.8, 4) is 0 Å². The van der Waals surface area contributed by atoms with Gasteiger partial charge in [-0.25, -0.2) is 0 Å². The minimum Gasteiger partial charge on any atom is -0.415 e. The summed E-state index contributed by atoms with van der Waals surface area (Å²) in [4.78, 5) is 22.0. The molecule has 0 aliphatic heterocycles. The summed E-state index contributed by atoms with van der Waals surface area (Å²) < 4.78 is 5.97. The van der Waals surface area contributed by atoms with E-state index in [1.807, 2.05) is 0 Å². The van der Waals surface area contributed by atoms with Gasteiger partial charge in [-0.2, -0.15) is 0 Å². The third-order valence-electron chi connectivity index (χ3n) is 4.00. The van der Waals surface area contributed by atoms with Crippen molar-refractivity contribution in [1.82, 2.24) is 5.32 Å². The molecule has 0 aliphatic carbocycles. The molecule has 122 valence electrons. The molecule has 0 saturated heterocycles. The Bertz CT molecular complexity index is 535. The van der Waals surface area contributed by atoms with Crippen molar-refractivity contribution in [3.05, 3.63) is 39.9 Å². The molecule has 7 heteroatoms. The average molecular weight is 324 g/mol. The Morgan fingerprint density at radius 1 is 1.27 bits per heavy atom. The molecular formula is C15H24N2O4Si. The van der Waals surface area contributed by atoms with E-state index in [9.17, 15) is 14.9 Å². The SMILES string of the molecule is CC(C)(C)[Si](C)(C)OCCNC(=O)c1ccc([N+](=O)[O-])cc1. The Hall–Kier alpha value is -1.73. The van der Waals surface area contributed by atoms with Crippen LogP contribution in [-0.4, -0.2) is 32.3 Å². The molecule has 0 fully saturated rings. The number of nitrogens with zero attached hydrogens (tertiary/aromatic N) is 1. The molecular weight excluding hydrogens is 300 g/mol. The molecule has 0 spiro atoms. The van der Waals surface area contributed by atoms with Gasteiger partial charge in [0.25, 0.3) is 11.6 Å². The van der Waals surface area contributed by atoms with Gasteiger partial charge in [-0.15, -0.1) is 0 Å². The first-order valence-corrected chi connectivity index (χ1v) is 10.1. The van der Waals surface area contributed by atoms with Crippen molar-refractivity contribution in [3.63, 3.8) is 0 Å². The summed E-state index contributed by atoms with van der Waals surface area (Å²) in [5.41, 5.74) is 0.371. The van der Waals surface area contributed by atoms with Crippen LogP contribution >= 0.6 is 0 Å². The molecule has 0 saturated carbocycles. The van der Waals surface area contributed by atoms with Crippen molar-refractivity contribution in [2.24, 2.45) is 0 Å². The molecule has 22 heavy (non-hydrogen) atoms. The van der Waals surface area contributed by atoms with Gasteiger partial charge in [-0.05, 0) is 30.3 Å². The number of nitro benzene ring substituents is 1. The largest absolute Gasteiger partial charge is 0.415 e. The van der Waals surface area contributed by atoms with Crippen LogP contribution in [0.25, 0.3) is 0 Å². The number of hydrogen-bond donors (Lipinski definition) is 1. The number of carbonyl (C=O) groups excluding carboxylic acids is 1. The molecule has 0 aromatic heterocycles. The molecule has 0 radical (unpaired) electrons. The number of rotatable bonds is 6. The molecule has 0 aliphatic rings. The van der Waals surface area contributed by atoms with Crippen molar-refractivity contribution in [2.75, 3.05) is 13.2 Å².